The van der Waals surface area contributed by atoms with Gasteiger partial charge in [0.25, 0.3) is 0 Å². The van der Waals surface area contributed by atoms with Gasteiger partial charge in [-0.1, -0.05) is 139 Å². The van der Waals surface area contributed by atoms with Gasteiger partial charge in [-0.3, -0.25) is 0 Å². The van der Waals surface area contributed by atoms with Gasteiger partial charge in [0.1, 0.15) is 26.9 Å². The molecular weight excluding hydrogens is 498 g/mol. The second-order valence-corrected chi connectivity index (χ2v) is 7.26. The second kappa shape index (κ2) is 16.1. The van der Waals surface area contributed by atoms with Crippen LogP contribution in [0.15, 0.2) is 26.9 Å². The molecule has 0 saturated heterocycles. The van der Waals surface area contributed by atoms with E-state index in [0.717, 1.165) is 0 Å². The van der Waals surface area contributed by atoms with Crippen molar-refractivity contribution in [2.24, 2.45) is 0 Å². The normalized spacial score (nSPS) is 8.00. The summed E-state index contributed by atoms with van der Waals surface area (Å²) in [6.07, 6.45) is 0. The van der Waals surface area contributed by atoms with E-state index in [0.29, 0.717) is 0 Å². The lowest BCUT2D eigenvalue weighted by molar-refractivity contribution is 2.25. The topological polar surface area (TPSA) is 0 Å². The van der Waals surface area contributed by atoms with Crippen molar-refractivity contribution >= 4 is 139 Å². The predicted octanol–water partition coefficient (Wildman–Crippen LogP) is 9.20. The Kier molecular flexibility index (Phi) is 22.9. The first-order valence-electron chi connectivity index (χ1n) is 3.02. The Labute approximate surface area is 164 Å². The highest BCUT2D eigenvalue weighted by Gasteiger charge is 1.89. The highest BCUT2D eigenvalue weighted by molar-refractivity contribution is 6.68. The van der Waals surface area contributed by atoms with E-state index < -0.39 is 0 Å². The van der Waals surface area contributed by atoms with Crippen LogP contribution in [0.3, 0.4) is 0 Å². The Morgan fingerprint density at radius 2 is 0.278 bits per heavy atom. The van der Waals surface area contributed by atoms with E-state index in [1.54, 1.807) is 0 Å². The van der Waals surface area contributed by atoms with E-state index in [2.05, 4.69) is 0 Å². The van der Waals surface area contributed by atoms with Crippen molar-refractivity contribution in [3.8, 4) is 0 Å². The summed E-state index contributed by atoms with van der Waals surface area (Å²) in [7, 11) is 0. The van der Waals surface area contributed by atoms with Crippen LogP contribution in [0.4, 0.5) is 0 Å². The largest absolute Gasteiger partial charge is 0.136 e. The fourth-order valence-corrected chi connectivity index (χ4v) is 0. The molecule has 0 atom stereocenters. The minimum atomic E-state index is -0.0988. The van der Waals surface area contributed by atoms with Gasteiger partial charge < -0.3 is 0 Å². The first-order chi connectivity index (χ1) is 7.93. The van der Waals surface area contributed by atoms with Crippen LogP contribution in [-0.2, 0) is 0 Å². The average Bonchev–Trinajstić information content (AvgIpc) is 2.18. The van der Waals surface area contributed by atoms with Crippen molar-refractivity contribution in [2.45, 2.75) is 0 Å². The molecule has 0 fully saturated rings. The molecule has 0 bridgehead atoms. The monoisotopic (exact) mass is 492 g/mol. The predicted molar refractivity (Wildman–Crippen MR) is 91.3 cm³/mol. The second-order valence-electron chi connectivity index (χ2n) is 1.56. The third kappa shape index (κ3) is 27.1. The molecule has 0 radical (unpaired) electrons. The van der Waals surface area contributed by atoms with Crippen molar-refractivity contribution in [3.63, 3.8) is 0 Å². The molecule has 0 aromatic rings. The number of hydrogen-bond acceptors (Lipinski definition) is 0. The van der Waals surface area contributed by atoms with Gasteiger partial charge in [-0.15, -0.1) is 0 Å². The molecule has 0 spiro atoms. The molecule has 0 aromatic heterocycles. The van der Waals surface area contributed by atoms with Crippen LogP contribution in [0.25, 0.3) is 0 Å². The van der Waals surface area contributed by atoms with Crippen molar-refractivity contribution in [1.29, 1.82) is 0 Å². The maximum absolute atomic E-state index is 4.99. The summed E-state index contributed by atoms with van der Waals surface area (Å²) >= 11 is 59.9. The minimum Gasteiger partial charge on any atom is -0.0682 e. The van der Waals surface area contributed by atoms with Crippen LogP contribution in [0.2, 0.25) is 0 Å². The summed E-state index contributed by atoms with van der Waals surface area (Å²) in [5.74, 6) is 0. The Morgan fingerprint density at radius 1 is 0.222 bits per heavy atom. The number of hydrogen-bond donors (Lipinski definition) is 0. The van der Waals surface area contributed by atoms with E-state index >= 15 is 0 Å². The standard InChI is InChI=1S/3C2Cl4/c3*3-1(4)2(5)6. The third-order valence-corrected chi connectivity index (χ3v) is 3.86. The molecule has 0 heterocycles. The molecule has 0 amide bonds. The third-order valence-electron chi connectivity index (χ3n) is 0.429. The highest BCUT2D eigenvalue weighted by Crippen LogP contribution is 2.21. The van der Waals surface area contributed by atoms with Crippen LogP contribution >= 0.6 is 139 Å². The van der Waals surface area contributed by atoms with E-state index in [-0.39, 0.29) is 26.9 Å². The Balaban J connectivity index is -0.000000187. The van der Waals surface area contributed by atoms with Gasteiger partial charge in [0, 0.05) is 0 Å². The number of halogens is 12. The van der Waals surface area contributed by atoms with Crippen LogP contribution in [0.5, 0.6) is 0 Å². The fourth-order valence-electron chi connectivity index (χ4n) is 0. The van der Waals surface area contributed by atoms with E-state index in [1.165, 1.54) is 0 Å². The molecule has 18 heavy (non-hydrogen) atoms. The van der Waals surface area contributed by atoms with E-state index in [1.807, 2.05) is 0 Å². The minimum absolute atomic E-state index is 0.0988. The van der Waals surface area contributed by atoms with E-state index in [9.17, 15) is 0 Å². The van der Waals surface area contributed by atoms with Gasteiger partial charge in [-0.25, -0.2) is 0 Å². The van der Waals surface area contributed by atoms with Crippen molar-refractivity contribution < 1.29 is 0 Å². The zero-order valence-electron chi connectivity index (χ0n) is 7.54. The summed E-state index contributed by atoms with van der Waals surface area (Å²) in [5.41, 5.74) is 0. The number of rotatable bonds is 0. The van der Waals surface area contributed by atoms with Crippen molar-refractivity contribution in [1.82, 2.24) is 0 Å². The highest BCUT2D eigenvalue weighted by atomic mass is 35.6. The van der Waals surface area contributed by atoms with Crippen molar-refractivity contribution in [3.05, 3.63) is 26.9 Å². The Morgan fingerprint density at radius 3 is 0.278 bits per heavy atom. The summed E-state index contributed by atoms with van der Waals surface area (Å²) in [5, 5.41) is 0. The maximum Gasteiger partial charge on any atom is 0.136 e. The van der Waals surface area contributed by atoms with Crippen LogP contribution < -0.4 is 0 Å². The van der Waals surface area contributed by atoms with Crippen LogP contribution in [0, 0.1) is 0 Å². The van der Waals surface area contributed by atoms with Gasteiger partial charge >= 0.3 is 0 Å². The molecular formula is C6Cl12. The molecule has 0 aliphatic rings. The zero-order chi connectivity index (χ0) is 15.5. The average molecular weight is 498 g/mol. The molecule has 0 aliphatic carbocycles. The van der Waals surface area contributed by atoms with E-state index in [4.69, 9.17) is 139 Å². The first kappa shape index (κ1) is 25.6. The van der Waals surface area contributed by atoms with Gasteiger partial charge in [-0.2, -0.15) is 0 Å². The lowest BCUT2D eigenvalue weighted by Crippen LogP contribution is -1.47. The molecule has 108 valence electrons. The molecule has 12 heteroatoms. The van der Waals surface area contributed by atoms with Crippen LogP contribution in [-0.4, -0.2) is 0 Å². The summed E-state index contributed by atoms with van der Waals surface area (Å²) in [6.45, 7) is 0. The Bertz CT molecular complexity index is 219. The van der Waals surface area contributed by atoms with Gasteiger partial charge in [0.05, 0.1) is 0 Å². The molecule has 0 saturated carbocycles. The summed E-state index contributed by atoms with van der Waals surface area (Å²) < 4.78 is -0.593. The fraction of sp³-hybridized carbons (Fsp3) is 0. The first-order valence-corrected chi connectivity index (χ1v) is 7.55. The summed E-state index contributed by atoms with van der Waals surface area (Å²) in [6, 6.07) is 0. The van der Waals surface area contributed by atoms with Crippen molar-refractivity contribution in [2.75, 3.05) is 0 Å². The van der Waals surface area contributed by atoms with Crippen LogP contribution in [0.1, 0.15) is 0 Å². The quantitative estimate of drug-likeness (QED) is 0.313. The molecule has 0 aromatic carbocycles. The lowest BCUT2D eigenvalue weighted by Gasteiger charge is -1.75. The molecule has 0 nitrogen and oxygen atoms in total. The lowest BCUT2D eigenvalue weighted by atomic mass is 11.2. The molecule has 0 rings (SSSR count). The molecule has 0 N–H and O–H groups in total. The Hall–Kier alpha value is 2.70. The van der Waals surface area contributed by atoms with Gasteiger partial charge in [-0.05, 0) is 0 Å². The van der Waals surface area contributed by atoms with Gasteiger partial charge in [0.15, 0.2) is 0 Å². The zero-order valence-corrected chi connectivity index (χ0v) is 16.6. The van der Waals surface area contributed by atoms with Gasteiger partial charge in [0.2, 0.25) is 0 Å². The molecule has 0 aliphatic heterocycles. The maximum atomic E-state index is 4.99. The smallest absolute Gasteiger partial charge is 0.0682 e. The SMILES string of the molecule is ClC(Cl)=C(Cl)Cl.ClC(Cl)=C(Cl)Cl.ClC(Cl)=C(Cl)Cl. The molecule has 0 unspecified atom stereocenters. The summed E-state index contributed by atoms with van der Waals surface area (Å²) in [4.78, 5) is 0.